The lowest BCUT2D eigenvalue weighted by molar-refractivity contribution is -0.117. The molecule has 3 rings (SSSR count). The summed E-state index contributed by atoms with van der Waals surface area (Å²) in [6.45, 7) is 2.11. The minimum absolute atomic E-state index is 0.133. The van der Waals surface area contributed by atoms with Gasteiger partial charge in [-0.15, -0.1) is 0 Å². The van der Waals surface area contributed by atoms with Gasteiger partial charge in [0.15, 0.2) is 0 Å². The summed E-state index contributed by atoms with van der Waals surface area (Å²) in [6, 6.07) is 13.7. The minimum Gasteiger partial charge on any atom is -0.326 e. The van der Waals surface area contributed by atoms with Crippen molar-refractivity contribution in [3.63, 3.8) is 0 Å². The predicted molar refractivity (Wildman–Crippen MR) is 85.5 cm³/mol. The maximum absolute atomic E-state index is 11.9. The molecule has 0 aliphatic heterocycles. The smallest absolute Gasteiger partial charge is 0.227 e. The normalized spacial score (nSPS) is 20.4. The van der Waals surface area contributed by atoms with Crippen LogP contribution in [0.2, 0.25) is 0 Å². The molecule has 0 unspecified atom stereocenters. The number of nitrogens with zero attached hydrogens (tertiary/aromatic N) is 1. The summed E-state index contributed by atoms with van der Waals surface area (Å²) in [4.78, 5) is 16.2. The number of anilines is 1. The Balaban J connectivity index is 1.68. The molecule has 21 heavy (non-hydrogen) atoms. The van der Waals surface area contributed by atoms with Crippen LogP contribution in [0.5, 0.6) is 0 Å². The van der Waals surface area contributed by atoms with Crippen molar-refractivity contribution < 1.29 is 4.79 Å². The van der Waals surface area contributed by atoms with Crippen molar-refractivity contribution in [1.82, 2.24) is 4.98 Å². The lowest BCUT2D eigenvalue weighted by atomic mass is 10.1. The summed E-state index contributed by atoms with van der Waals surface area (Å²) >= 11 is 0. The van der Waals surface area contributed by atoms with Crippen molar-refractivity contribution in [3.05, 3.63) is 59.9 Å². The Hall–Kier alpha value is -2.42. The summed E-state index contributed by atoms with van der Waals surface area (Å²) in [6.07, 6.45) is 6.74. The zero-order valence-corrected chi connectivity index (χ0v) is 12.0. The van der Waals surface area contributed by atoms with E-state index in [1.807, 2.05) is 54.6 Å². The van der Waals surface area contributed by atoms with Crippen molar-refractivity contribution in [3.8, 4) is 0 Å². The molecule has 1 amide bonds. The summed E-state index contributed by atoms with van der Waals surface area (Å²) < 4.78 is 0. The molecule has 106 valence electrons. The molecule has 1 aromatic heterocycles. The topological polar surface area (TPSA) is 42.0 Å². The first-order chi connectivity index (χ1) is 10.2. The first-order valence-electron chi connectivity index (χ1n) is 7.22. The summed E-state index contributed by atoms with van der Waals surface area (Å²) in [7, 11) is 0. The Labute approximate surface area is 124 Å². The van der Waals surface area contributed by atoms with E-state index >= 15 is 0 Å². The van der Waals surface area contributed by atoms with E-state index in [1.165, 1.54) is 0 Å². The van der Waals surface area contributed by atoms with Gasteiger partial charge in [-0.3, -0.25) is 9.78 Å². The third-order valence-electron chi connectivity index (χ3n) is 3.73. The Morgan fingerprint density at radius 1 is 1.24 bits per heavy atom. The summed E-state index contributed by atoms with van der Waals surface area (Å²) in [5.41, 5.74) is 2.81. The fourth-order valence-electron chi connectivity index (χ4n) is 2.30. The molecule has 0 bridgehead atoms. The van der Waals surface area contributed by atoms with E-state index in [0.717, 1.165) is 23.4 Å². The van der Waals surface area contributed by atoms with Gasteiger partial charge >= 0.3 is 0 Å². The number of rotatable bonds is 4. The van der Waals surface area contributed by atoms with Gasteiger partial charge in [-0.2, -0.15) is 0 Å². The Morgan fingerprint density at radius 3 is 2.81 bits per heavy atom. The van der Waals surface area contributed by atoms with Gasteiger partial charge in [0, 0.05) is 17.8 Å². The van der Waals surface area contributed by atoms with Crippen LogP contribution in [0.25, 0.3) is 12.2 Å². The molecule has 1 aliphatic rings. The molecule has 2 aromatic rings. The number of carbonyl (C=O) groups is 1. The lowest BCUT2D eigenvalue weighted by Gasteiger charge is -2.05. The van der Waals surface area contributed by atoms with Crippen LogP contribution < -0.4 is 5.32 Å². The Bertz CT molecular complexity index is 664. The van der Waals surface area contributed by atoms with E-state index in [4.69, 9.17) is 0 Å². The van der Waals surface area contributed by atoms with Crippen molar-refractivity contribution >= 4 is 23.7 Å². The number of nitrogens with one attached hydrogen (secondary N) is 1. The number of benzene rings is 1. The Morgan fingerprint density at radius 2 is 2.10 bits per heavy atom. The maximum atomic E-state index is 11.9. The van der Waals surface area contributed by atoms with Gasteiger partial charge in [0.1, 0.15) is 0 Å². The van der Waals surface area contributed by atoms with Gasteiger partial charge < -0.3 is 5.32 Å². The van der Waals surface area contributed by atoms with Gasteiger partial charge in [-0.1, -0.05) is 31.2 Å². The molecule has 1 heterocycles. The van der Waals surface area contributed by atoms with Crippen LogP contribution >= 0.6 is 0 Å². The van der Waals surface area contributed by atoms with Crippen LogP contribution in [-0.2, 0) is 4.79 Å². The molecule has 0 spiro atoms. The quantitative estimate of drug-likeness (QED) is 0.923. The molecule has 3 heteroatoms. The van der Waals surface area contributed by atoms with Crippen molar-refractivity contribution in [2.45, 2.75) is 13.3 Å². The molecule has 0 saturated heterocycles. The highest BCUT2D eigenvalue weighted by molar-refractivity contribution is 5.94. The van der Waals surface area contributed by atoms with Gasteiger partial charge in [-0.25, -0.2) is 0 Å². The minimum atomic E-state index is 0.133. The van der Waals surface area contributed by atoms with E-state index < -0.39 is 0 Å². The maximum Gasteiger partial charge on any atom is 0.227 e. The number of amides is 1. The number of aromatic nitrogens is 1. The van der Waals surface area contributed by atoms with Crippen molar-refractivity contribution in [2.24, 2.45) is 11.8 Å². The van der Waals surface area contributed by atoms with E-state index in [-0.39, 0.29) is 11.8 Å². The first-order valence-corrected chi connectivity index (χ1v) is 7.22. The SMILES string of the molecule is C[C@@H]1C[C@H]1C(=O)Nc1cccc(/C=C/c2ccccn2)c1. The third kappa shape index (κ3) is 3.57. The second-order valence-electron chi connectivity index (χ2n) is 5.52. The van der Waals surface area contributed by atoms with Crippen molar-refractivity contribution in [1.29, 1.82) is 0 Å². The molecule has 1 aromatic carbocycles. The van der Waals surface area contributed by atoms with Crippen molar-refractivity contribution in [2.75, 3.05) is 5.32 Å². The van der Waals surface area contributed by atoms with Crippen LogP contribution in [0.15, 0.2) is 48.7 Å². The largest absolute Gasteiger partial charge is 0.326 e. The van der Waals surface area contributed by atoms with Crippen LogP contribution in [0, 0.1) is 11.8 Å². The van der Waals surface area contributed by atoms with Crippen LogP contribution in [0.1, 0.15) is 24.6 Å². The van der Waals surface area contributed by atoms with E-state index in [9.17, 15) is 4.79 Å². The molecule has 2 atom stereocenters. The lowest BCUT2D eigenvalue weighted by Crippen LogP contribution is -2.14. The molecular weight excluding hydrogens is 260 g/mol. The molecule has 3 nitrogen and oxygen atoms in total. The molecule has 1 N–H and O–H groups in total. The Kier molecular flexibility index (Phi) is 3.82. The number of pyridine rings is 1. The van der Waals surface area contributed by atoms with Gasteiger partial charge in [-0.05, 0) is 48.2 Å². The van der Waals surface area contributed by atoms with Gasteiger partial charge in [0.2, 0.25) is 5.91 Å². The van der Waals surface area contributed by atoms with E-state index in [0.29, 0.717) is 5.92 Å². The molecule has 1 aliphatic carbocycles. The van der Waals surface area contributed by atoms with E-state index in [1.54, 1.807) is 6.20 Å². The third-order valence-corrected chi connectivity index (χ3v) is 3.73. The first kappa shape index (κ1) is 13.6. The van der Waals surface area contributed by atoms with Crippen LogP contribution in [0.3, 0.4) is 0 Å². The summed E-state index contributed by atoms with van der Waals surface area (Å²) in [5, 5.41) is 2.98. The highest BCUT2D eigenvalue weighted by atomic mass is 16.2. The number of hydrogen-bond donors (Lipinski definition) is 1. The molecular formula is C18H18N2O. The number of carbonyl (C=O) groups excluding carboxylic acids is 1. The monoisotopic (exact) mass is 278 g/mol. The zero-order chi connectivity index (χ0) is 14.7. The second-order valence-corrected chi connectivity index (χ2v) is 5.52. The number of hydrogen-bond acceptors (Lipinski definition) is 2. The molecule has 1 fully saturated rings. The fraction of sp³-hybridized carbons (Fsp3) is 0.222. The average molecular weight is 278 g/mol. The van der Waals surface area contributed by atoms with Crippen LogP contribution in [0.4, 0.5) is 5.69 Å². The standard InChI is InChI=1S/C18H18N2O/c1-13-11-17(13)18(21)20-16-7-4-5-14(12-16)8-9-15-6-2-3-10-19-15/h2-10,12-13,17H,11H2,1H3,(H,20,21)/b9-8+/t13-,17-/m1/s1. The van der Waals surface area contributed by atoms with Gasteiger partial charge in [0.25, 0.3) is 0 Å². The average Bonchev–Trinajstić information content (AvgIpc) is 3.24. The molecule has 0 radical (unpaired) electrons. The zero-order valence-electron chi connectivity index (χ0n) is 12.0. The summed E-state index contributed by atoms with van der Waals surface area (Å²) in [5.74, 6) is 0.850. The van der Waals surface area contributed by atoms with Crippen LogP contribution in [-0.4, -0.2) is 10.9 Å². The molecule has 1 saturated carbocycles. The fourth-order valence-corrected chi connectivity index (χ4v) is 2.30. The second kappa shape index (κ2) is 5.92. The predicted octanol–water partition coefficient (Wildman–Crippen LogP) is 3.85. The van der Waals surface area contributed by atoms with E-state index in [2.05, 4.69) is 17.2 Å². The highest BCUT2D eigenvalue weighted by Crippen LogP contribution is 2.38. The highest BCUT2D eigenvalue weighted by Gasteiger charge is 2.38. The van der Waals surface area contributed by atoms with Gasteiger partial charge in [0.05, 0.1) is 5.69 Å².